The summed E-state index contributed by atoms with van der Waals surface area (Å²) >= 11 is 11.2. The number of hydrogen-bond donors (Lipinski definition) is 2. The van der Waals surface area contributed by atoms with Crippen LogP contribution in [0, 0.1) is 0 Å². The van der Waals surface area contributed by atoms with Gasteiger partial charge in [0.2, 0.25) is 5.03 Å². The lowest BCUT2D eigenvalue weighted by Gasteiger charge is -2.16. The van der Waals surface area contributed by atoms with E-state index in [1.54, 1.807) is 18.2 Å². The van der Waals surface area contributed by atoms with E-state index in [2.05, 4.69) is 16.9 Å². The minimum absolute atomic E-state index is 0.0824. The molecule has 0 aliphatic rings. The summed E-state index contributed by atoms with van der Waals surface area (Å²) in [6, 6.07) is 7.25. The third-order valence-corrected chi connectivity index (χ3v) is 3.98. The molecule has 0 amide bonds. The SMILES string of the molecule is C=C(/N=C(Cl)\C(=C(/N)NC(C)C)c1ccccc1Cl)[S+](C)[O-]. The number of nitrogens with two attached hydrogens (primary N) is 1. The number of nitrogens with one attached hydrogen (secondary N) is 1. The standard InChI is InChI=1S/C15H19Cl2N3OS/c1-9(2)19-15(18)13(11-7-5-6-8-12(11)16)14(17)20-10(3)22(4)21/h5-9,19H,3,18H2,1-2,4H3/b15-13+,20-14+. The highest BCUT2D eigenvalue weighted by atomic mass is 35.5. The fraction of sp³-hybridized carbons (Fsp3) is 0.267. The average molecular weight is 360 g/mol. The minimum Gasteiger partial charge on any atom is -0.610 e. The Morgan fingerprint density at radius 2 is 2.00 bits per heavy atom. The molecule has 3 N–H and O–H groups in total. The Hall–Kier alpha value is -1.14. The second kappa shape index (κ2) is 8.48. The van der Waals surface area contributed by atoms with Gasteiger partial charge in [-0.15, -0.1) is 0 Å². The van der Waals surface area contributed by atoms with E-state index in [0.29, 0.717) is 22.0 Å². The molecule has 0 aliphatic heterocycles. The lowest BCUT2D eigenvalue weighted by atomic mass is 10.1. The Morgan fingerprint density at radius 1 is 1.41 bits per heavy atom. The molecule has 0 aromatic heterocycles. The molecule has 0 heterocycles. The van der Waals surface area contributed by atoms with E-state index in [1.165, 1.54) is 6.26 Å². The van der Waals surface area contributed by atoms with Crippen molar-refractivity contribution >= 4 is 45.1 Å². The number of halogens is 2. The molecule has 0 radical (unpaired) electrons. The minimum atomic E-state index is -1.32. The lowest BCUT2D eigenvalue weighted by molar-refractivity contribution is 0.606. The molecule has 1 aromatic carbocycles. The maximum absolute atomic E-state index is 11.4. The molecule has 1 atom stereocenters. The molecule has 4 nitrogen and oxygen atoms in total. The first-order chi connectivity index (χ1) is 10.2. The molecule has 1 rings (SSSR count). The van der Waals surface area contributed by atoms with Crippen LogP contribution < -0.4 is 11.1 Å². The van der Waals surface area contributed by atoms with Crippen LogP contribution in [0.3, 0.4) is 0 Å². The third kappa shape index (κ3) is 5.25. The first-order valence-corrected chi connectivity index (χ1v) is 8.83. The average Bonchev–Trinajstić information content (AvgIpc) is 2.40. The molecule has 0 saturated carbocycles. The second-order valence-corrected chi connectivity index (χ2v) is 6.96. The molecule has 1 unspecified atom stereocenters. The molecular formula is C15H19Cl2N3OS. The van der Waals surface area contributed by atoms with Gasteiger partial charge >= 0.3 is 0 Å². The van der Waals surface area contributed by atoms with Crippen LogP contribution in [0.25, 0.3) is 5.57 Å². The van der Waals surface area contributed by atoms with Crippen LogP contribution in [0.4, 0.5) is 0 Å². The molecule has 0 bridgehead atoms. The number of aliphatic imine (C=N–C) groups is 1. The predicted molar refractivity (Wildman–Crippen MR) is 97.3 cm³/mol. The number of rotatable bonds is 6. The van der Waals surface area contributed by atoms with Gasteiger partial charge in [-0.25, -0.2) is 0 Å². The second-order valence-electron chi connectivity index (χ2n) is 4.82. The van der Waals surface area contributed by atoms with Crippen LogP contribution in [-0.4, -0.2) is 22.0 Å². The third-order valence-electron chi connectivity index (χ3n) is 2.62. The van der Waals surface area contributed by atoms with Gasteiger partial charge in [-0.1, -0.05) is 41.4 Å². The van der Waals surface area contributed by atoms with Crippen LogP contribution in [0.5, 0.6) is 0 Å². The fourth-order valence-corrected chi connectivity index (χ4v) is 2.45. The number of hydrogen-bond acceptors (Lipinski definition) is 4. The topological polar surface area (TPSA) is 73.5 Å². The molecule has 0 saturated heterocycles. The summed E-state index contributed by atoms with van der Waals surface area (Å²) < 4.78 is 11.4. The van der Waals surface area contributed by atoms with Gasteiger partial charge < -0.3 is 15.6 Å². The quantitative estimate of drug-likeness (QED) is 0.603. The summed E-state index contributed by atoms with van der Waals surface area (Å²) in [5.74, 6) is 0.339. The van der Waals surface area contributed by atoms with E-state index < -0.39 is 11.2 Å². The van der Waals surface area contributed by atoms with E-state index >= 15 is 0 Å². The molecule has 22 heavy (non-hydrogen) atoms. The Labute approximate surface area is 144 Å². The first kappa shape index (κ1) is 18.9. The van der Waals surface area contributed by atoms with Crippen LogP contribution >= 0.6 is 23.2 Å². The zero-order valence-electron chi connectivity index (χ0n) is 12.7. The van der Waals surface area contributed by atoms with Crippen molar-refractivity contribution in [1.29, 1.82) is 0 Å². The number of nitrogens with zero attached hydrogens (tertiary/aromatic N) is 1. The van der Waals surface area contributed by atoms with Crippen LogP contribution in [0.2, 0.25) is 5.02 Å². The summed E-state index contributed by atoms with van der Waals surface area (Å²) in [7, 11) is 0. The van der Waals surface area contributed by atoms with Gasteiger partial charge in [-0.2, -0.15) is 4.99 Å². The molecule has 1 aromatic rings. The van der Waals surface area contributed by atoms with Gasteiger partial charge in [0, 0.05) is 27.8 Å². The van der Waals surface area contributed by atoms with Crippen molar-refractivity contribution in [3.63, 3.8) is 0 Å². The number of benzene rings is 1. The van der Waals surface area contributed by atoms with Crippen molar-refractivity contribution < 1.29 is 4.55 Å². The normalized spacial score (nSPS) is 14.6. The monoisotopic (exact) mass is 359 g/mol. The van der Waals surface area contributed by atoms with Gasteiger partial charge in [-0.3, -0.25) is 0 Å². The Kier molecular flexibility index (Phi) is 7.29. The van der Waals surface area contributed by atoms with E-state index in [-0.39, 0.29) is 16.2 Å². The van der Waals surface area contributed by atoms with E-state index in [9.17, 15) is 4.55 Å². The van der Waals surface area contributed by atoms with E-state index in [1.807, 2.05) is 19.9 Å². The highest BCUT2D eigenvalue weighted by Gasteiger charge is 2.18. The van der Waals surface area contributed by atoms with Crippen LogP contribution in [0.1, 0.15) is 19.4 Å². The van der Waals surface area contributed by atoms with Crippen LogP contribution in [-0.2, 0) is 11.2 Å². The highest BCUT2D eigenvalue weighted by molar-refractivity contribution is 7.94. The van der Waals surface area contributed by atoms with Gasteiger partial charge in [0.25, 0.3) is 0 Å². The Bertz CT molecular complexity index is 613. The molecular weight excluding hydrogens is 341 g/mol. The molecule has 7 heteroatoms. The Balaban J connectivity index is 3.42. The van der Waals surface area contributed by atoms with Crippen molar-refractivity contribution in [3.8, 4) is 0 Å². The van der Waals surface area contributed by atoms with Crippen molar-refractivity contribution in [2.45, 2.75) is 19.9 Å². The van der Waals surface area contributed by atoms with E-state index in [4.69, 9.17) is 28.9 Å². The Morgan fingerprint density at radius 3 is 2.50 bits per heavy atom. The molecule has 0 fully saturated rings. The first-order valence-electron chi connectivity index (χ1n) is 6.52. The maximum atomic E-state index is 11.4. The summed E-state index contributed by atoms with van der Waals surface area (Å²) in [6.45, 7) is 7.52. The largest absolute Gasteiger partial charge is 0.610 e. The van der Waals surface area contributed by atoms with Crippen LogP contribution in [0.15, 0.2) is 46.7 Å². The molecule has 0 spiro atoms. The fourth-order valence-electron chi connectivity index (χ4n) is 1.64. The zero-order valence-corrected chi connectivity index (χ0v) is 15.0. The van der Waals surface area contributed by atoms with E-state index in [0.717, 1.165) is 0 Å². The summed E-state index contributed by atoms with van der Waals surface area (Å²) in [5, 5.41) is 3.81. The highest BCUT2D eigenvalue weighted by Crippen LogP contribution is 2.28. The summed E-state index contributed by atoms with van der Waals surface area (Å²) in [5.41, 5.74) is 7.20. The zero-order chi connectivity index (χ0) is 16.9. The molecule has 120 valence electrons. The van der Waals surface area contributed by atoms with Crippen molar-refractivity contribution in [2.24, 2.45) is 10.7 Å². The van der Waals surface area contributed by atoms with Crippen molar-refractivity contribution in [3.05, 3.63) is 52.3 Å². The summed E-state index contributed by atoms with van der Waals surface area (Å²) in [6.07, 6.45) is 1.48. The summed E-state index contributed by atoms with van der Waals surface area (Å²) in [4.78, 5) is 4.07. The predicted octanol–water partition coefficient (Wildman–Crippen LogP) is 3.45. The smallest absolute Gasteiger partial charge is 0.238 e. The van der Waals surface area contributed by atoms with Gasteiger partial charge in [0.05, 0.1) is 5.57 Å². The van der Waals surface area contributed by atoms with Gasteiger partial charge in [0.1, 0.15) is 17.2 Å². The number of allylic oxidation sites excluding steroid dienone is 1. The lowest BCUT2D eigenvalue weighted by Crippen LogP contribution is -2.29. The van der Waals surface area contributed by atoms with Crippen molar-refractivity contribution in [2.75, 3.05) is 6.26 Å². The molecule has 0 aliphatic carbocycles. The van der Waals surface area contributed by atoms with Gasteiger partial charge in [0.15, 0.2) is 0 Å². The maximum Gasteiger partial charge on any atom is 0.238 e. The van der Waals surface area contributed by atoms with Gasteiger partial charge in [-0.05, 0) is 26.5 Å². The van der Waals surface area contributed by atoms with Crippen molar-refractivity contribution in [1.82, 2.24) is 5.32 Å².